The fourth-order valence-electron chi connectivity index (χ4n) is 9.30. The summed E-state index contributed by atoms with van der Waals surface area (Å²) in [6.07, 6.45) is 0. The van der Waals surface area contributed by atoms with Gasteiger partial charge in [0.15, 0.2) is 0 Å². The van der Waals surface area contributed by atoms with Gasteiger partial charge in [0, 0.05) is 59.8 Å². The van der Waals surface area contributed by atoms with Gasteiger partial charge in [-0.3, -0.25) is 0 Å². The molecule has 0 amide bonds. The van der Waals surface area contributed by atoms with Crippen LogP contribution in [0.15, 0.2) is 163 Å². The molecule has 60 heavy (non-hydrogen) atoms. The van der Waals surface area contributed by atoms with Crippen LogP contribution in [0.1, 0.15) is 36.1 Å². The summed E-state index contributed by atoms with van der Waals surface area (Å²) in [5.41, 5.74) is 14.4. The van der Waals surface area contributed by atoms with Crippen molar-refractivity contribution in [2.75, 3.05) is 0 Å². The summed E-state index contributed by atoms with van der Waals surface area (Å²) in [6.45, 7) is 8.05. The van der Waals surface area contributed by atoms with E-state index in [4.69, 9.17) is 0 Å². The Morgan fingerprint density at radius 3 is 1.17 bits per heavy atom. The first-order chi connectivity index (χ1) is 29.4. The molecule has 0 fully saturated rings. The molecule has 8 aromatic carbocycles. The van der Waals surface area contributed by atoms with E-state index < -0.39 is 0 Å². The lowest BCUT2D eigenvalue weighted by Gasteiger charge is -2.14. The molecule has 0 bridgehead atoms. The third kappa shape index (κ3) is 5.39. The number of thiol groups is 1. The predicted octanol–water partition coefficient (Wildman–Crippen LogP) is 14.3. The van der Waals surface area contributed by atoms with Crippen molar-refractivity contribution in [2.24, 2.45) is 0 Å². The Kier molecular flexibility index (Phi) is 8.83. The molecule has 6 heteroatoms. The van der Waals surface area contributed by atoms with E-state index in [0.29, 0.717) is 16.7 Å². The van der Waals surface area contributed by atoms with Crippen LogP contribution in [-0.4, -0.2) is 13.7 Å². The van der Waals surface area contributed by atoms with Crippen molar-refractivity contribution in [2.45, 2.75) is 32.6 Å². The SMILES string of the molecule is CC.Cc1ccc(-n2c3ccccc3c3c2c2c4ccccc4n(-c4ccc(S)cc4)c2c2c4ccccc4n(-c4ccc(-c5c(C#N)cc(C)cc5C#N)cc4)c32)cc1. The van der Waals surface area contributed by atoms with Crippen LogP contribution in [0, 0.1) is 36.5 Å². The lowest BCUT2D eigenvalue weighted by Crippen LogP contribution is -1.98. The largest absolute Gasteiger partial charge is 0.308 e. The van der Waals surface area contributed by atoms with E-state index in [1.165, 1.54) is 27.1 Å². The molecule has 0 saturated heterocycles. The third-order valence-corrected chi connectivity index (χ3v) is 12.0. The Labute approximate surface area is 353 Å². The van der Waals surface area contributed by atoms with Crippen molar-refractivity contribution in [3.8, 4) is 40.3 Å². The van der Waals surface area contributed by atoms with Gasteiger partial charge in [-0.25, -0.2) is 0 Å². The summed E-state index contributed by atoms with van der Waals surface area (Å²) in [7, 11) is 0. The van der Waals surface area contributed by atoms with E-state index in [1.807, 2.05) is 45.0 Å². The molecule has 0 unspecified atom stereocenters. The average Bonchev–Trinajstić information content (AvgIpc) is 3.93. The van der Waals surface area contributed by atoms with E-state index in [0.717, 1.165) is 77.0 Å². The summed E-state index contributed by atoms with van der Waals surface area (Å²) in [5, 5.41) is 27.3. The van der Waals surface area contributed by atoms with Gasteiger partial charge in [0.2, 0.25) is 0 Å². The van der Waals surface area contributed by atoms with E-state index in [-0.39, 0.29) is 0 Å². The zero-order chi connectivity index (χ0) is 41.2. The number of benzene rings is 8. The Balaban J connectivity index is 0.00000213. The summed E-state index contributed by atoms with van der Waals surface area (Å²) >= 11 is 4.67. The van der Waals surface area contributed by atoms with Crippen molar-refractivity contribution in [1.29, 1.82) is 10.5 Å². The smallest absolute Gasteiger partial charge is 0.0998 e. The van der Waals surface area contributed by atoms with Crippen LogP contribution in [-0.2, 0) is 0 Å². The topological polar surface area (TPSA) is 62.4 Å². The quantitative estimate of drug-likeness (QED) is 0.181. The number of nitriles is 2. The van der Waals surface area contributed by atoms with Gasteiger partial charge in [-0.05, 0) is 104 Å². The minimum Gasteiger partial charge on any atom is -0.308 e. The third-order valence-electron chi connectivity index (χ3n) is 11.7. The lowest BCUT2D eigenvalue weighted by molar-refractivity contribution is 1.16. The Morgan fingerprint density at radius 2 is 0.783 bits per heavy atom. The lowest BCUT2D eigenvalue weighted by atomic mass is 9.93. The monoisotopic (exact) mass is 789 g/mol. The molecular weight excluding hydrogens is 751 g/mol. The molecule has 0 aliphatic rings. The average molecular weight is 790 g/mol. The van der Waals surface area contributed by atoms with Gasteiger partial charge in [0.1, 0.15) is 0 Å². The summed E-state index contributed by atoms with van der Waals surface area (Å²) in [5.74, 6) is 0. The normalized spacial score (nSPS) is 11.4. The van der Waals surface area contributed by atoms with E-state index in [9.17, 15) is 10.5 Å². The first kappa shape index (κ1) is 36.8. The molecule has 0 spiro atoms. The van der Waals surface area contributed by atoms with Crippen LogP contribution in [0.3, 0.4) is 0 Å². The van der Waals surface area contributed by atoms with E-state index in [2.05, 4.69) is 179 Å². The van der Waals surface area contributed by atoms with Crippen LogP contribution in [0.2, 0.25) is 0 Å². The zero-order valence-corrected chi connectivity index (χ0v) is 34.6. The van der Waals surface area contributed by atoms with Crippen LogP contribution in [0.25, 0.3) is 93.6 Å². The van der Waals surface area contributed by atoms with Gasteiger partial charge >= 0.3 is 0 Å². The highest BCUT2D eigenvalue weighted by molar-refractivity contribution is 7.80. The van der Waals surface area contributed by atoms with Crippen molar-refractivity contribution in [3.05, 3.63) is 180 Å². The minimum atomic E-state index is 0.493. The van der Waals surface area contributed by atoms with Crippen molar-refractivity contribution in [3.63, 3.8) is 0 Å². The van der Waals surface area contributed by atoms with E-state index in [1.54, 1.807) is 0 Å². The number of para-hydroxylation sites is 3. The molecule has 3 heterocycles. The minimum absolute atomic E-state index is 0.493. The van der Waals surface area contributed by atoms with Crippen molar-refractivity contribution in [1.82, 2.24) is 13.7 Å². The second kappa shape index (κ2) is 14.4. The second-order valence-electron chi connectivity index (χ2n) is 15.1. The number of aromatic nitrogens is 3. The number of hydrogen-bond acceptors (Lipinski definition) is 3. The van der Waals surface area contributed by atoms with Crippen molar-refractivity contribution < 1.29 is 0 Å². The molecule has 11 aromatic rings. The van der Waals surface area contributed by atoms with Gasteiger partial charge in [-0.1, -0.05) is 98.3 Å². The van der Waals surface area contributed by atoms with E-state index >= 15 is 0 Å². The molecule has 286 valence electrons. The maximum Gasteiger partial charge on any atom is 0.0998 e. The number of nitrogens with zero attached hydrogens (tertiary/aromatic N) is 5. The molecule has 11 rings (SSSR count). The first-order valence-electron chi connectivity index (χ1n) is 20.3. The first-order valence-corrected chi connectivity index (χ1v) is 20.7. The Morgan fingerprint density at radius 1 is 0.433 bits per heavy atom. The standard InChI is InChI=1S/C52H33N5S.C2H6/c1-31-15-19-36(20-16-31)55-43-12-6-3-9-40(43)47-50(55)48-42-11-5-8-14-45(42)57(38-23-25-39(58)26-24-38)52(48)49-41-10-4-7-13-44(41)56(51(47)49)37-21-17-33(18-22-37)46-34(29-53)27-32(2)28-35(46)30-54;1-2/h3-28,58H,1-2H3;1-2H3. The number of fused-ring (bicyclic) bond motifs is 12. The van der Waals surface area contributed by atoms with Gasteiger partial charge in [-0.2, -0.15) is 10.5 Å². The molecule has 0 radical (unpaired) electrons. The summed E-state index contributed by atoms with van der Waals surface area (Å²) in [4.78, 5) is 0.908. The fraction of sp³-hybridized carbons (Fsp3) is 0.0741. The zero-order valence-electron chi connectivity index (χ0n) is 33.7. The molecule has 0 atom stereocenters. The highest BCUT2D eigenvalue weighted by Crippen LogP contribution is 2.50. The molecule has 0 N–H and O–H groups in total. The molecule has 5 nitrogen and oxygen atoms in total. The number of hydrogen-bond donors (Lipinski definition) is 1. The van der Waals surface area contributed by atoms with Gasteiger partial charge in [0.25, 0.3) is 0 Å². The van der Waals surface area contributed by atoms with Gasteiger partial charge in [-0.15, -0.1) is 12.6 Å². The van der Waals surface area contributed by atoms with Crippen LogP contribution >= 0.6 is 12.6 Å². The maximum atomic E-state index is 10.1. The molecule has 3 aromatic heterocycles. The van der Waals surface area contributed by atoms with Gasteiger partial charge < -0.3 is 13.7 Å². The summed E-state index contributed by atoms with van der Waals surface area (Å²) in [6, 6.07) is 60.2. The Hall–Kier alpha value is -7.51. The van der Waals surface area contributed by atoms with Crippen molar-refractivity contribution >= 4 is 78.0 Å². The second-order valence-corrected chi connectivity index (χ2v) is 15.6. The van der Waals surface area contributed by atoms with Crippen LogP contribution in [0.4, 0.5) is 0 Å². The summed E-state index contributed by atoms with van der Waals surface area (Å²) < 4.78 is 7.29. The molecule has 0 saturated carbocycles. The fourth-order valence-corrected chi connectivity index (χ4v) is 9.45. The Bertz CT molecular complexity index is 3480. The molecule has 0 aliphatic carbocycles. The molecular formula is C54H39N5S. The van der Waals surface area contributed by atoms with Crippen LogP contribution in [0.5, 0.6) is 0 Å². The van der Waals surface area contributed by atoms with Crippen LogP contribution < -0.4 is 0 Å². The van der Waals surface area contributed by atoms with Gasteiger partial charge in [0.05, 0.1) is 56.4 Å². The highest BCUT2D eigenvalue weighted by Gasteiger charge is 2.28. The maximum absolute atomic E-state index is 10.1. The number of aryl methyl sites for hydroxylation is 2. The number of rotatable bonds is 4. The predicted molar refractivity (Wildman–Crippen MR) is 252 cm³/mol. The molecule has 0 aliphatic heterocycles. The highest BCUT2D eigenvalue weighted by atomic mass is 32.1.